The average molecular weight is 246 g/mol. The quantitative estimate of drug-likeness (QED) is 0.832. The summed E-state index contributed by atoms with van der Waals surface area (Å²) in [5.41, 5.74) is 2.69. The van der Waals surface area contributed by atoms with E-state index in [1.165, 1.54) is 24.8 Å². The van der Waals surface area contributed by atoms with Gasteiger partial charge in [0.1, 0.15) is 0 Å². The lowest BCUT2D eigenvalue weighted by molar-refractivity contribution is 0.00382. The predicted octanol–water partition coefficient (Wildman–Crippen LogP) is 4.50. The summed E-state index contributed by atoms with van der Waals surface area (Å²) in [4.78, 5) is 0. The molecule has 1 heteroatoms. The van der Waals surface area contributed by atoms with Gasteiger partial charge in [0.2, 0.25) is 0 Å². The van der Waals surface area contributed by atoms with E-state index in [1.54, 1.807) is 0 Å². The van der Waals surface area contributed by atoms with Gasteiger partial charge in [-0.15, -0.1) is 0 Å². The Hall–Kier alpha value is -0.820. The van der Waals surface area contributed by atoms with E-state index in [-0.39, 0.29) is 11.5 Å². The Kier molecular flexibility index (Phi) is 4.11. The lowest BCUT2D eigenvalue weighted by Crippen LogP contribution is -2.32. The molecule has 1 saturated carbocycles. The number of aliphatic hydroxyl groups is 1. The maximum Gasteiger partial charge on any atom is 0.0823 e. The second kappa shape index (κ2) is 5.44. The molecule has 1 fully saturated rings. The van der Waals surface area contributed by atoms with E-state index in [0.29, 0.717) is 5.92 Å². The van der Waals surface area contributed by atoms with Crippen LogP contribution in [0.5, 0.6) is 0 Å². The SMILES string of the molecule is CCc1cccc(C(O)C2CCCCC2(C)C)c1. The van der Waals surface area contributed by atoms with Crippen LogP contribution in [0.3, 0.4) is 0 Å². The molecule has 1 aromatic rings. The third-order valence-corrected chi connectivity index (χ3v) is 4.67. The van der Waals surface area contributed by atoms with E-state index in [2.05, 4.69) is 45.0 Å². The first kappa shape index (κ1) is 13.6. The van der Waals surface area contributed by atoms with Gasteiger partial charge in [0.25, 0.3) is 0 Å². The lowest BCUT2D eigenvalue weighted by atomic mass is 9.65. The summed E-state index contributed by atoms with van der Waals surface area (Å²) in [6.45, 7) is 6.78. The molecule has 0 saturated heterocycles. The van der Waals surface area contributed by atoms with Gasteiger partial charge in [-0.05, 0) is 41.7 Å². The Morgan fingerprint density at radius 2 is 2.11 bits per heavy atom. The van der Waals surface area contributed by atoms with Gasteiger partial charge in [0.05, 0.1) is 6.10 Å². The van der Waals surface area contributed by atoms with Crippen molar-refractivity contribution in [3.05, 3.63) is 35.4 Å². The number of hydrogen-bond acceptors (Lipinski definition) is 1. The second-order valence-electron chi connectivity index (χ2n) is 6.38. The highest BCUT2D eigenvalue weighted by Gasteiger charge is 2.37. The number of aryl methyl sites for hydroxylation is 1. The molecule has 100 valence electrons. The van der Waals surface area contributed by atoms with Crippen LogP contribution >= 0.6 is 0 Å². The predicted molar refractivity (Wildman–Crippen MR) is 76.5 cm³/mol. The van der Waals surface area contributed by atoms with Crippen LogP contribution in [0.1, 0.15) is 63.7 Å². The topological polar surface area (TPSA) is 20.2 Å². The van der Waals surface area contributed by atoms with Crippen LogP contribution in [0.15, 0.2) is 24.3 Å². The molecule has 1 nitrogen and oxygen atoms in total. The van der Waals surface area contributed by atoms with Crippen LogP contribution < -0.4 is 0 Å². The van der Waals surface area contributed by atoms with Crippen LogP contribution in [-0.2, 0) is 6.42 Å². The van der Waals surface area contributed by atoms with Gasteiger partial charge in [0.15, 0.2) is 0 Å². The largest absolute Gasteiger partial charge is 0.388 e. The first-order valence-electron chi connectivity index (χ1n) is 7.31. The maximum atomic E-state index is 10.7. The lowest BCUT2D eigenvalue weighted by Gasteiger charge is -2.41. The van der Waals surface area contributed by atoms with Crippen molar-refractivity contribution in [3.63, 3.8) is 0 Å². The van der Waals surface area contributed by atoms with E-state index >= 15 is 0 Å². The van der Waals surface area contributed by atoms with Crippen molar-refractivity contribution in [2.75, 3.05) is 0 Å². The Balaban J connectivity index is 2.21. The van der Waals surface area contributed by atoms with Crippen molar-refractivity contribution in [1.29, 1.82) is 0 Å². The fourth-order valence-corrected chi connectivity index (χ4v) is 3.34. The molecule has 0 aliphatic heterocycles. The molecule has 2 atom stereocenters. The summed E-state index contributed by atoms with van der Waals surface area (Å²) in [6.07, 6.45) is 5.71. The molecule has 0 bridgehead atoms. The van der Waals surface area contributed by atoms with Crippen molar-refractivity contribution in [2.45, 2.75) is 59.0 Å². The first-order valence-corrected chi connectivity index (χ1v) is 7.31. The van der Waals surface area contributed by atoms with Gasteiger partial charge in [-0.1, -0.05) is 57.9 Å². The van der Waals surface area contributed by atoms with Crippen molar-refractivity contribution in [2.24, 2.45) is 11.3 Å². The number of aliphatic hydroxyl groups excluding tert-OH is 1. The summed E-state index contributed by atoms with van der Waals surface area (Å²) < 4.78 is 0. The zero-order chi connectivity index (χ0) is 13.2. The number of hydrogen-bond donors (Lipinski definition) is 1. The van der Waals surface area contributed by atoms with Gasteiger partial charge in [-0.25, -0.2) is 0 Å². The Morgan fingerprint density at radius 1 is 1.33 bits per heavy atom. The summed E-state index contributed by atoms with van der Waals surface area (Å²) in [5.74, 6) is 0.401. The molecule has 0 spiro atoms. The highest BCUT2D eigenvalue weighted by molar-refractivity contribution is 5.26. The molecule has 1 aromatic carbocycles. The van der Waals surface area contributed by atoms with Crippen molar-refractivity contribution < 1.29 is 5.11 Å². The minimum absolute atomic E-state index is 0.264. The molecular formula is C17H26O. The van der Waals surface area contributed by atoms with Crippen molar-refractivity contribution in [1.82, 2.24) is 0 Å². The van der Waals surface area contributed by atoms with Gasteiger partial charge in [-0.2, -0.15) is 0 Å². The van der Waals surface area contributed by atoms with Gasteiger partial charge < -0.3 is 5.11 Å². The highest BCUT2D eigenvalue weighted by atomic mass is 16.3. The average Bonchev–Trinajstić information content (AvgIpc) is 2.37. The normalized spacial score (nSPS) is 24.8. The molecule has 18 heavy (non-hydrogen) atoms. The smallest absolute Gasteiger partial charge is 0.0823 e. The second-order valence-corrected chi connectivity index (χ2v) is 6.38. The zero-order valence-corrected chi connectivity index (χ0v) is 11.9. The molecular weight excluding hydrogens is 220 g/mol. The first-order chi connectivity index (χ1) is 8.54. The number of rotatable bonds is 3. The fraction of sp³-hybridized carbons (Fsp3) is 0.647. The molecule has 1 aliphatic rings. The Morgan fingerprint density at radius 3 is 2.78 bits per heavy atom. The van der Waals surface area contributed by atoms with E-state index < -0.39 is 0 Å². The third-order valence-electron chi connectivity index (χ3n) is 4.67. The molecule has 0 radical (unpaired) electrons. The zero-order valence-electron chi connectivity index (χ0n) is 11.9. The third kappa shape index (κ3) is 2.77. The van der Waals surface area contributed by atoms with Gasteiger partial charge >= 0.3 is 0 Å². The van der Waals surface area contributed by atoms with Crippen LogP contribution in [0.4, 0.5) is 0 Å². The van der Waals surface area contributed by atoms with Crippen LogP contribution in [0, 0.1) is 11.3 Å². The summed E-state index contributed by atoms with van der Waals surface area (Å²) >= 11 is 0. The molecule has 1 N–H and O–H groups in total. The minimum atomic E-state index is -0.299. The molecule has 2 rings (SSSR count). The maximum absolute atomic E-state index is 10.7. The van der Waals surface area contributed by atoms with E-state index in [1.807, 2.05) is 0 Å². The Labute approximate surface area is 111 Å². The summed E-state index contributed by atoms with van der Waals surface area (Å²) in [5, 5.41) is 10.7. The van der Waals surface area contributed by atoms with Gasteiger partial charge in [0, 0.05) is 0 Å². The molecule has 0 amide bonds. The van der Waals surface area contributed by atoms with Crippen molar-refractivity contribution in [3.8, 4) is 0 Å². The van der Waals surface area contributed by atoms with Crippen molar-refractivity contribution >= 4 is 0 Å². The minimum Gasteiger partial charge on any atom is -0.388 e. The fourth-order valence-electron chi connectivity index (χ4n) is 3.34. The van der Waals surface area contributed by atoms with Crippen LogP contribution in [0.25, 0.3) is 0 Å². The number of benzene rings is 1. The Bertz CT molecular complexity index is 394. The molecule has 0 heterocycles. The summed E-state index contributed by atoms with van der Waals surface area (Å²) in [7, 11) is 0. The van der Waals surface area contributed by atoms with E-state index in [4.69, 9.17) is 0 Å². The van der Waals surface area contributed by atoms with E-state index in [0.717, 1.165) is 18.4 Å². The van der Waals surface area contributed by atoms with Crippen LogP contribution in [-0.4, -0.2) is 5.11 Å². The monoisotopic (exact) mass is 246 g/mol. The standard InChI is InChI=1S/C17H26O/c1-4-13-8-7-9-14(12-13)16(18)15-10-5-6-11-17(15,2)3/h7-9,12,15-16,18H,4-6,10-11H2,1-3H3. The van der Waals surface area contributed by atoms with Crippen LogP contribution in [0.2, 0.25) is 0 Å². The molecule has 2 unspecified atom stereocenters. The highest BCUT2D eigenvalue weighted by Crippen LogP contribution is 2.46. The van der Waals surface area contributed by atoms with Gasteiger partial charge in [-0.3, -0.25) is 0 Å². The summed E-state index contributed by atoms with van der Waals surface area (Å²) in [6, 6.07) is 8.47. The molecule has 0 aromatic heterocycles. The van der Waals surface area contributed by atoms with E-state index in [9.17, 15) is 5.11 Å². The molecule has 1 aliphatic carbocycles.